The van der Waals surface area contributed by atoms with E-state index in [4.69, 9.17) is 4.74 Å². The maximum Gasteiger partial charge on any atom is 0.421 e. The van der Waals surface area contributed by atoms with Crippen LogP contribution >= 0.6 is 0 Å². The number of nitrogens with one attached hydrogen (secondary N) is 1. The van der Waals surface area contributed by atoms with E-state index in [1.54, 1.807) is 6.07 Å². The molecule has 12 heteroatoms. The summed E-state index contributed by atoms with van der Waals surface area (Å²) in [6, 6.07) is 8.04. The van der Waals surface area contributed by atoms with Crippen LogP contribution in [0.4, 0.5) is 18.9 Å². The molecular weight excluding hydrogens is 537 g/mol. The van der Waals surface area contributed by atoms with Crippen LogP contribution in [0.5, 0.6) is 0 Å². The van der Waals surface area contributed by atoms with Crippen LogP contribution in [0.25, 0.3) is 0 Å². The summed E-state index contributed by atoms with van der Waals surface area (Å²) in [5.74, 6) is -0.775. The van der Waals surface area contributed by atoms with Gasteiger partial charge >= 0.3 is 6.18 Å². The predicted molar refractivity (Wildman–Crippen MR) is 134 cm³/mol. The molecule has 0 aromatic heterocycles. The Morgan fingerprint density at radius 2 is 1.79 bits per heavy atom. The van der Waals surface area contributed by atoms with Gasteiger partial charge in [-0.1, -0.05) is 18.2 Å². The topological polar surface area (TPSA) is 113 Å². The molecule has 0 radical (unpaired) electrons. The number of alkyl halides is 3. The molecule has 1 aliphatic carbocycles. The summed E-state index contributed by atoms with van der Waals surface area (Å²) in [6.45, 7) is 1.09. The third-order valence-corrected chi connectivity index (χ3v) is 9.46. The number of benzene rings is 2. The average Bonchev–Trinajstić information content (AvgIpc) is 3.36. The minimum absolute atomic E-state index is 0.0201. The summed E-state index contributed by atoms with van der Waals surface area (Å²) in [6.07, 6.45) is -2.64. The lowest BCUT2D eigenvalue weighted by molar-refractivity contribution is -0.258. The number of sulfone groups is 1. The highest BCUT2D eigenvalue weighted by molar-refractivity contribution is 7.91. The number of carbonyl (C=O) groups excluding carboxylic acids is 2. The third kappa shape index (κ3) is 5.42. The fraction of sp³-hybridized carbons (Fsp3) is 0.481. The number of carbonyl (C=O) groups is 2. The van der Waals surface area contributed by atoms with Gasteiger partial charge in [-0.25, -0.2) is 8.42 Å². The Morgan fingerprint density at radius 3 is 2.38 bits per heavy atom. The van der Waals surface area contributed by atoms with Crippen LogP contribution in [-0.2, 0) is 36.3 Å². The molecule has 2 aromatic rings. The first-order valence-electron chi connectivity index (χ1n) is 12.8. The van der Waals surface area contributed by atoms with Crippen molar-refractivity contribution in [2.45, 2.75) is 68.0 Å². The van der Waals surface area contributed by atoms with E-state index in [1.165, 1.54) is 29.2 Å². The summed E-state index contributed by atoms with van der Waals surface area (Å²) in [5.41, 5.74) is -2.28. The molecule has 3 aliphatic rings. The summed E-state index contributed by atoms with van der Waals surface area (Å²) in [7, 11) is -3.51. The van der Waals surface area contributed by atoms with Gasteiger partial charge in [-0.3, -0.25) is 9.59 Å². The quantitative estimate of drug-likeness (QED) is 0.527. The Morgan fingerprint density at radius 1 is 1.10 bits per heavy atom. The Kier molecular flexibility index (Phi) is 7.01. The first-order chi connectivity index (χ1) is 18.3. The lowest BCUT2D eigenvalue weighted by Crippen LogP contribution is -2.42. The van der Waals surface area contributed by atoms with Crippen molar-refractivity contribution in [2.75, 3.05) is 17.7 Å². The van der Waals surface area contributed by atoms with Gasteiger partial charge in [0.25, 0.3) is 11.8 Å². The van der Waals surface area contributed by atoms with Gasteiger partial charge in [0.2, 0.25) is 0 Å². The van der Waals surface area contributed by atoms with Crippen LogP contribution in [0.2, 0.25) is 0 Å². The van der Waals surface area contributed by atoms with Crippen LogP contribution < -0.4 is 5.32 Å². The number of amides is 2. The molecule has 3 unspecified atom stereocenters. The maximum atomic E-state index is 13.5. The Hall–Kier alpha value is -2.96. The lowest BCUT2D eigenvalue weighted by Gasteiger charge is -2.27. The van der Waals surface area contributed by atoms with E-state index in [0.717, 1.165) is 25.0 Å². The summed E-state index contributed by atoms with van der Waals surface area (Å²) < 4.78 is 70.8. The minimum Gasteiger partial charge on any atom is -0.376 e. The Balaban J connectivity index is 1.42. The van der Waals surface area contributed by atoms with Crippen LogP contribution in [0.15, 0.2) is 47.4 Å². The molecule has 3 atom stereocenters. The van der Waals surface area contributed by atoms with Gasteiger partial charge in [0.05, 0.1) is 10.6 Å². The van der Waals surface area contributed by atoms with E-state index >= 15 is 0 Å². The Bertz CT molecular complexity index is 1380. The molecule has 2 fully saturated rings. The van der Waals surface area contributed by atoms with Crippen LogP contribution in [0.3, 0.4) is 0 Å². The van der Waals surface area contributed by atoms with Crippen molar-refractivity contribution in [2.24, 2.45) is 5.92 Å². The van der Waals surface area contributed by atoms with E-state index < -0.39 is 45.2 Å². The van der Waals surface area contributed by atoms with Gasteiger partial charge in [0.15, 0.2) is 15.4 Å². The smallest absolute Gasteiger partial charge is 0.376 e. The normalized spacial score (nSPS) is 22.8. The number of halogens is 3. The molecule has 2 N–H and O–H groups in total. The molecule has 2 aromatic carbocycles. The molecule has 8 nitrogen and oxygen atoms in total. The van der Waals surface area contributed by atoms with E-state index in [1.807, 2.05) is 0 Å². The molecule has 2 heterocycles. The van der Waals surface area contributed by atoms with Gasteiger partial charge in [0, 0.05) is 18.8 Å². The molecule has 39 heavy (non-hydrogen) atoms. The standard InChI is InChI=1S/C27H29F3N2O6S/c1-26(35,27(28,29)30)18-6-8-19(9-7-18)31-24(33)23-21-11-10-20(39(36,37)15-16-4-5-16)13-17(21)14-32(23)25(34)22-3-2-12-38-22/h6-11,13,16,22-23,35H,2-5,12,14-15H2,1H3,(H,31,33). The first-order valence-corrected chi connectivity index (χ1v) is 14.4. The second-order valence-corrected chi connectivity index (χ2v) is 12.6. The van der Waals surface area contributed by atoms with Crippen molar-refractivity contribution in [1.29, 1.82) is 0 Å². The monoisotopic (exact) mass is 566 g/mol. The summed E-state index contributed by atoms with van der Waals surface area (Å²) >= 11 is 0. The van der Waals surface area contributed by atoms with Crippen LogP contribution in [0.1, 0.15) is 55.3 Å². The first kappa shape index (κ1) is 27.6. The molecule has 5 rings (SSSR count). The zero-order valence-electron chi connectivity index (χ0n) is 21.2. The molecule has 1 saturated carbocycles. The number of anilines is 1. The zero-order chi connectivity index (χ0) is 28.2. The highest BCUT2D eigenvalue weighted by Crippen LogP contribution is 2.40. The molecular formula is C27H29F3N2O6S. The van der Waals surface area contributed by atoms with Crippen molar-refractivity contribution in [3.8, 4) is 0 Å². The van der Waals surface area contributed by atoms with E-state index in [9.17, 15) is 36.3 Å². The SMILES string of the molecule is CC(O)(c1ccc(NC(=O)C2c3ccc(S(=O)(=O)CC4CC4)cc3CN2C(=O)C2CCCO2)cc1)C(F)(F)F. The average molecular weight is 567 g/mol. The number of hydrogen-bond acceptors (Lipinski definition) is 6. The fourth-order valence-electron chi connectivity index (χ4n) is 5.01. The number of hydrogen-bond donors (Lipinski definition) is 2. The van der Waals surface area contributed by atoms with E-state index in [2.05, 4.69) is 5.32 Å². The molecule has 0 bridgehead atoms. The molecule has 2 amide bonds. The van der Waals surface area contributed by atoms with E-state index in [-0.39, 0.29) is 34.7 Å². The third-order valence-electron chi connectivity index (χ3n) is 7.58. The molecule has 210 valence electrons. The van der Waals surface area contributed by atoms with Crippen molar-refractivity contribution in [1.82, 2.24) is 4.90 Å². The van der Waals surface area contributed by atoms with Gasteiger partial charge in [-0.15, -0.1) is 0 Å². The van der Waals surface area contributed by atoms with Gasteiger partial charge in [-0.2, -0.15) is 13.2 Å². The maximum absolute atomic E-state index is 13.5. The van der Waals surface area contributed by atoms with Gasteiger partial charge in [-0.05, 0) is 79.5 Å². The van der Waals surface area contributed by atoms with Crippen molar-refractivity contribution in [3.05, 3.63) is 59.2 Å². The lowest BCUT2D eigenvalue weighted by atomic mass is 9.95. The van der Waals surface area contributed by atoms with Crippen molar-refractivity contribution < 1.29 is 41.0 Å². The number of rotatable bonds is 7. The molecule has 0 spiro atoms. The second kappa shape index (κ2) is 9.90. The fourth-order valence-corrected chi connectivity index (χ4v) is 6.75. The number of fused-ring (bicyclic) bond motifs is 1. The number of aliphatic hydroxyl groups is 1. The number of ether oxygens (including phenoxy) is 1. The van der Waals surface area contributed by atoms with E-state index in [0.29, 0.717) is 37.5 Å². The Labute approximate surface area is 224 Å². The largest absolute Gasteiger partial charge is 0.421 e. The summed E-state index contributed by atoms with van der Waals surface area (Å²) in [5, 5.41) is 12.5. The summed E-state index contributed by atoms with van der Waals surface area (Å²) in [4.78, 5) is 28.3. The van der Waals surface area contributed by atoms with Gasteiger partial charge in [0.1, 0.15) is 12.1 Å². The predicted octanol–water partition coefficient (Wildman–Crippen LogP) is 3.84. The molecule has 1 saturated heterocycles. The van der Waals surface area contributed by atoms with Crippen molar-refractivity contribution >= 4 is 27.3 Å². The minimum atomic E-state index is -4.89. The van der Waals surface area contributed by atoms with Gasteiger partial charge < -0.3 is 20.1 Å². The molecule has 2 aliphatic heterocycles. The highest BCUT2D eigenvalue weighted by atomic mass is 32.2. The van der Waals surface area contributed by atoms with Crippen LogP contribution in [0, 0.1) is 5.92 Å². The number of nitrogens with zero attached hydrogens (tertiary/aromatic N) is 1. The highest BCUT2D eigenvalue weighted by Gasteiger charge is 2.51. The zero-order valence-corrected chi connectivity index (χ0v) is 22.0. The van der Waals surface area contributed by atoms with Crippen LogP contribution in [-0.4, -0.2) is 54.9 Å². The van der Waals surface area contributed by atoms with Crippen molar-refractivity contribution in [3.63, 3.8) is 0 Å². The second-order valence-electron chi connectivity index (χ2n) is 10.6.